The number of carbonyl (C=O) groups excluding carboxylic acids is 2. The normalized spacial score (nSPS) is 16.0. The minimum atomic E-state index is -0.555. The first-order valence-corrected chi connectivity index (χ1v) is 8.96. The first-order valence-electron chi connectivity index (χ1n) is 8.96. The SMILES string of the molecule is COc1cccc(C(=O)Nc2ccc3c(c2)OC(C)C(=O)N3CC(C)C)c1. The van der Waals surface area contributed by atoms with E-state index in [1.165, 1.54) is 0 Å². The number of benzene rings is 2. The molecule has 0 bridgehead atoms. The maximum atomic E-state index is 12.5. The standard InChI is InChI=1S/C21H24N2O4/c1-13(2)12-23-18-9-8-16(11-19(18)27-14(3)21(23)25)22-20(24)15-6-5-7-17(10-15)26-4/h5-11,13-14H,12H2,1-4H3,(H,22,24). The third kappa shape index (κ3) is 4.05. The Morgan fingerprint density at radius 3 is 2.74 bits per heavy atom. The van der Waals surface area contributed by atoms with E-state index in [0.29, 0.717) is 35.2 Å². The third-order valence-corrected chi connectivity index (χ3v) is 4.31. The van der Waals surface area contributed by atoms with Gasteiger partial charge in [0.25, 0.3) is 11.8 Å². The Hall–Kier alpha value is -3.02. The van der Waals surface area contributed by atoms with Crippen molar-refractivity contribution in [3.05, 3.63) is 48.0 Å². The van der Waals surface area contributed by atoms with E-state index in [9.17, 15) is 9.59 Å². The molecular weight excluding hydrogens is 344 g/mol. The molecule has 27 heavy (non-hydrogen) atoms. The number of hydrogen-bond donors (Lipinski definition) is 1. The summed E-state index contributed by atoms with van der Waals surface area (Å²) in [6.45, 7) is 6.49. The number of ether oxygens (including phenoxy) is 2. The van der Waals surface area contributed by atoms with Crippen LogP contribution >= 0.6 is 0 Å². The molecule has 142 valence electrons. The molecule has 1 unspecified atom stereocenters. The van der Waals surface area contributed by atoms with Gasteiger partial charge in [-0.1, -0.05) is 19.9 Å². The van der Waals surface area contributed by atoms with E-state index in [4.69, 9.17) is 9.47 Å². The van der Waals surface area contributed by atoms with E-state index in [1.54, 1.807) is 55.3 Å². The molecule has 2 aromatic carbocycles. The topological polar surface area (TPSA) is 67.9 Å². The van der Waals surface area contributed by atoms with Gasteiger partial charge in [-0.25, -0.2) is 0 Å². The molecule has 1 aliphatic heterocycles. The van der Waals surface area contributed by atoms with Gasteiger partial charge < -0.3 is 19.7 Å². The number of nitrogens with zero attached hydrogens (tertiary/aromatic N) is 1. The zero-order valence-corrected chi connectivity index (χ0v) is 16.0. The number of carbonyl (C=O) groups is 2. The predicted molar refractivity (Wildman–Crippen MR) is 105 cm³/mol. The van der Waals surface area contributed by atoms with Crippen LogP contribution in [0.1, 0.15) is 31.1 Å². The Morgan fingerprint density at radius 2 is 2.04 bits per heavy atom. The van der Waals surface area contributed by atoms with Crippen LogP contribution in [-0.4, -0.2) is 31.6 Å². The second kappa shape index (κ2) is 7.70. The average molecular weight is 368 g/mol. The van der Waals surface area contributed by atoms with E-state index < -0.39 is 6.10 Å². The largest absolute Gasteiger partial charge is 0.497 e. The zero-order chi connectivity index (χ0) is 19.6. The van der Waals surface area contributed by atoms with Gasteiger partial charge in [-0.15, -0.1) is 0 Å². The summed E-state index contributed by atoms with van der Waals surface area (Å²) >= 11 is 0. The maximum absolute atomic E-state index is 12.5. The number of anilines is 2. The van der Waals surface area contributed by atoms with Crippen LogP contribution in [0.5, 0.6) is 11.5 Å². The van der Waals surface area contributed by atoms with E-state index >= 15 is 0 Å². The quantitative estimate of drug-likeness (QED) is 0.873. The monoisotopic (exact) mass is 368 g/mol. The predicted octanol–water partition coefficient (Wildman–Crippen LogP) is 3.72. The van der Waals surface area contributed by atoms with Crippen molar-refractivity contribution >= 4 is 23.2 Å². The van der Waals surface area contributed by atoms with E-state index in [1.807, 2.05) is 6.07 Å². The summed E-state index contributed by atoms with van der Waals surface area (Å²) in [5.74, 6) is 1.25. The van der Waals surface area contributed by atoms with Crippen molar-refractivity contribution in [2.45, 2.75) is 26.9 Å². The van der Waals surface area contributed by atoms with Crippen molar-refractivity contribution < 1.29 is 19.1 Å². The Bertz CT molecular complexity index is 863. The van der Waals surface area contributed by atoms with Gasteiger partial charge in [-0.05, 0) is 43.2 Å². The maximum Gasteiger partial charge on any atom is 0.267 e. The summed E-state index contributed by atoms with van der Waals surface area (Å²) in [4.78, 5) is 26.7. The minimum absolute atomic E-state index is 0.0515. The van der Waals surface area contributed by atoms with Gasteiger partial charge in [0.1, 0.15) is 11.5 Å². The van der Waals surface area contributed by atoms with Gasteiger partial charge in [-0.3, -0.25) is 9.59 Å². The van der Waals surface area contributed by atoms with Gasteiger partial charge >= 0.3 is 0 Å². The van der Waals surface area contributed by atoms with Crippen LogP contribution in [0.4, 0.5) is 11.4 Å². The van der Waals surface area contributed by atoms with E-state index in [2.05, 4.69) is 19.2 Å². The molecule has 0 saturated carbocycles. The lowest BCUT2D eigenvalue weighted by Gasteiger charge is -2.34. The first kappa shape index (κ1) is 18.8. The fourth-order valence-corrected chi connectivity index (χ4v) is 3.01. The van der Waals surface area contributed by atoms with Gasteiger partial charge in [0.15, 0.2) is 6.10 Å². The highest BCUT2D eigenvalue weighted by molar-refractivity contribution is 6.05. The molecule has 1 heterocycles. The second-order valence-electron chi connectivity index (χ2n) is 6.97. The van der Waals surface area contributed by atoms with Crippen LogP contribution < -0.4 is 19.7 Å². The van der Waals surface area contributed by atoms with Gasteiger partial charge in [-0.2, -0.15) is 0 Å². The van der Waals surface area contributed by atoms with Crippen molar-refractivity contribution in [3.8, 4) is 11.5 Å². The third-order valence-electron chi connectivity index (χ3n) is 4.31. The van der Waals surface area contributed by atoms with Crippen molar-refractivity contribution in [3.63, 3.8) is 0 Å². The Kier molecular flexibility index (Phi) is 5.35. The van der Waals surface area contributed by atoms with Crippen molar-refractivity contribution in [2.24, 2.45) is 5.92 Å². The molecule has 0 radical (unpaired) electrons. The van der Waals surface area contributed by atoms with E-state index in [0.717, 1.165) is 5.69 Å². The summed E-state index contributed by atoms with van der Waals surface area (Å²) in [5, 5.41) is 2.86. The fourth-order valence-electron chi connectivity index (χ4n) is 3.01. The van der Waals surface area contributed by atoms with Crippen LogP contribution in [0, 0.1) is 5.92 Å². The van der Waals surface area contributed by atoms with Crippen LogP contribution in [-0.2, 0) is 4.79 Å². The molecular formula is C21H24N2O4. The molecule has 0 fully saturated rings. The number of methoxy groups -OCH3 is 1. The summed E-state index contributed by atoms with van der Waals surface area (Å²) in [5.41, 5.74) is 1.83. The number of hydrogen-bond acceptors (Lipinski definition) is 4. The van der Waals surface area contributed by atoms with Crippen LogP contribution in [0.3, 0.4) is 0 Å². The highest BCUT2D eigenvalue weighted by atomic mass is 16.5. The van der Waals surface area contributed by atoms with Crippen LogP contribution in [0.15, 0.2) is 42.5 Å². The van der Waals surface area contributed by atoms with E-state index in [-0.39, 0.29) is 11.8 Å². The first-order chi connectivity index (χ1) is 12.9. The van der Waals surface area contributed by atoms with Gasteiger partial charge in [0.05, 0.1) is 12.8 Å². The Balaban J connectivity index is 1.84. The van der Waals surface area contributed by atoms with Crippen LogP contribution in [0.2, 0.25) is 0 Å². The Labute approximate surface area is 159 Å². The molecule has 0 aliphatic carbocycles. The number of rotatable bonds is 5. The summed E-state index contributed by atoms with van der Waals surface area (Å²) < 4.78 is 10.9. The van der Waals surface area contributed by atoms with Gasteiger partial charge in [0, 0.05) is 23.9 Å². The lowest BCUT2D eigenvalue weighted by molar-refractivity contribution is -0.125. The minimum Gasteiger partial charge on any atom is -0.497 e. The lowest BCUT2D eigenvalue weighted by atomic mass is 10.1. The van der Waals surface area contributed by atoms with Crippen molar-refractivity contribution in [2.75, 3.05) is 23.9 Å². The summed E-state index contributed by atoms with van der Waals surface area (Å²) in [7, 11) is 1.56. The molecule has 2 aromatic rings. The van der Waals surface area contributed by atoms with Gasteiger partial charge in [0.2, 0.25) is 0 Å². The second-order valence-corrected chi connectivity index (χ2v) is 6.97. The molecule has 2 amide bonds. The van der Waals surface area contributed by atoms with Crippen LogP contribution in [0.25, 0.3) is 0 Å². The molecule has 0 spiro atoms. The molecule has 0 aromatic heterocycles. The number of amides is 2. The molecule has 3 rings (SSSR count). The zero-order valence-electron chi connectivity index (χ0n) is 16.0. The van der Waals surface area contributed by atoms with Crippen molar-refractivity contribution in [1.29, 1.82) is 0 Å². The molecule has 6 nitrogen and oxygen atoms in total. The highest BCUT2D eigenvalue weighted by Crippen LogP contribution is 2.36. The molecule has 6 heteroatoms. The number of fused-ring (bicyclic) bond motifs is 1. The lowest BCUT2D eigenvalue weighted by Crippen LogP contribution is -2.46. The summed E-state index contributed by atoms with van der Waals surface area (Å²) in [6, 6.07) is 12.3. The molecule has 1 N–H and O–H groups in total. The molecule has 0 saturated heterocycles. The average Bonchev–Trinajstić information content (AvgIpc) is 2.65. The molecule has 1 atom stereocenters. The highest BCUT2D eigenvalue weighted by Gasteiger charge is 2.32. The smallest absolute Gasteiger partial charge is 0.267 e. The molecule has 1 aliphatic rings. The Morgan fingerprint density at radius 1 is 1.26 bits per heavy atom. The number of nitrogens with one attached hydrogen (secondary N) is 1. The summed E-state index contributed by atoms with van der Waals surface area (Å²) in [6.07, 6.45) is -0.555. The van der Waals surface area contributed by atoms with Crippen molar-refractivity contribution in [1.82, 2.24) is 0 Å². The fraction of sp³-hybridized carbons (Fsp3) is 0.333.